The summed E-state index contributed by atoms with van der Waals surface area (Å²) in [4.78, 5) is 1.05. The molecule has 0 saturated heterocycles. The second-order valence-electron chi connectivity index (χ2n) is 3.09. The molecule has 1 nitrogen and oxygen atoms in total. The SMILES string of the molecule is CCc1c(S)ccc2scc(OC)c12. The highest BCUT2D eigenvalue weighted by Gasteiger charge is 2.10. The molecule has 0 bridgehead atoms. The average Bonchev–Trinajstić information content (AvgIpc) is 2.61. The van der Waals surface area contributed by atoms with E-state index in [0.717, 1.165) is 17.1 Å². The fourth-order valence-electron chi connectivity index (χ4n) is 1.67. The zero-order valence-corrected chi connectivity index (χ0v) is 9.91. The molecular formula is C11H12OS2. The van der Waals surface area contributed by atoms with Crippen LogP contribution >= 0.6 is 24.0 Å². The van der Waals surface area contributed by atoms with Crippen molar-refractivity contribution in [1.82, 2.24) is 0 Å². The molecule has 0 aliphatic heterocycles. The number of hydrogen-bond donors (Lipinski definition) is 1. The van der Waals surface area contributed by atoms with E-state index in [0.29, 0.717) is 0 Å². The van der Waals surface area contributed by atoms with Crippen LogP contribution in [0.4, 0.5) is 0 Å². The van der Waals surface area contributed by atoms with Gasteiger partial charge in [0.2, 0.25) is 0 Å². The van der Waals surface area contributed by atoms with Gasteiger partial charge in [-0.1, -0.05) is 6.92 Å². The molecule has 0 fully saturated rings. The quantitative estimate of drug-likeness (QED) is 0.764. The molecule has 0 radical (unpaired) electrons. The molecule has 2 rings (SSSR count). The number of aryl methyl sites for hydroxylation is 1. The number of methoxy groups -OCH3 is 1. The van der Waals surface area contributed by atoms with Gasteiger partial charge in [-0.25, -0.2) is 0 Å². The Morgan fingerprint density at radius 2 is 2.21 bits per heavy atom. The number of fused-ring (bicyclic) bond motifs is 1. The van der Waals surface area contributed by atoms with Crippen LogP contribution in [0.1, 0.15) is 12.5 Å². The Morgan fingerprint density at radius 1 is 1.43 bits per heavy atom. The summed E-state index contributed by atoms with van der Waals surface area (Å²) in [7, 11) is 1.71. The first-order valence-corrected chi connectivity index (χ1v) is 5.86. The molecule has 0 amide bonds. The van der Waals surface area contributed by atoms with Crippen molar-refractivity contribution in [1.29, 1.82) is 0 Å². The molecular weight excluding hydrogens is 212 g/mol. The maximum absolute atomic E-state index is 5.34. The topological polar surface area (TPSA) is 9.23 Å². The predicted molar refractivity (Wildman–Crippen MR) is 65.0 cm³/mol. The van der Waals surface area contributed by atoms with Crippen molar-refractivity contribution < 1.29 is 4.74 Å². The number of rotatable bonds is 2. The summed E-state index contributed by atoms with van der Waals surface area (Å²) in [6.07, 6.45) is 0.989. The molecule has 1 aromatic carbocycles. The van der Waals surface area contributed by atoms with E-state index < -0.39 is 0 Å². The summed E-state index contributed by atoms with van der Waals surface area (Å²) < 4.78 is 6.62. The molecule has 2 aromatic rings. The summed E-state index contributed by atoms with van der Waals surface area (Å²) in [6.45, 7) is 2.14. The fraction of sp³-hybridized carbons (Fsp3) is 0.273. The molecule has 0 saturated carbocycles. The first-order chi connectivity index (χ1) is 6.77. The van der Waals surface area contributed by atoms with Crippen LogP contribution < -0.4 is 4.74 Å². The first kappa shape index (κ1) is 9.87. The number of hydrogen-bond acceptors (Lipinski definition) is 3. The second kappa shape index (κ2) is 3.83. The van der Waals surface area contributed by atoms with Gasteiger partial charge in [-0.2, -0.15) is 0 Å². The highest BCUT2D eigenvalue weighted by Crippen LogP contribution is 2.37. The molecule has 3 heteroatoms. The van der Waals surface area contributed by atoms with Crippen LogP contribution in [0, 0.1) is 0 Å². The van der Waals surface area contributed by atoms with Gasteiger partial charge in [0.1, 0.15) is 5.75 Å². The van der Waals surface area contributed by atoms with Crippen molar-refractivity contribution in [2.75, 3.05) is 7.11 Å². The largest absolute Gasteiger partial charge is 0.495 e. The van der Waals surface area contributed by atoms with Gasteiger partial charge in [-0.3, -0.25) is 0 Å². The summed E-state index contributed by atoms with van der Waals surface area (Å²) in [5.41, 5.74) is 1.28. The minimum Gasteiger partial charge on any atom is -0.495 e. The maximum Gasteiger partial charge on any atom is 0.137 e. The molecule has 0 N–H and O–H groups in total. The van der Waals surface area contributed by atoms with Crippen molar-refractivity contribution >= 4 is 34.1 Å². The first-order valence-electron chi connectivity index (χ1n) is 4.54. The monoisotopic (exact) mass is 224 g/mol. The number of ether oxygens (including phenoxy) is 1. The van der Waals surface area contributed by atoms with E-state index in [2.05, 4.69) is 37.1 Å². The van der Waals surface area contributed by atoms with E-state index >= 15 is 0 Å². The maximum atomic E-state index is 5.34. The molecule has 1 heterocycles. The van der Waals surface area contributed by atoms with Gasteiger partial charge in [0.25, 0.3) is 0 Å². The Bertz CT molecular complexity index is 460. The average molecular weight is 224 g/mol. The van der Waals surface area contributed by atoms with Gasteiger partial charge in [0, 0.05) is 20.4 Å². The van der Waals surface area contributed by atoms with Gasteiger partial charge < -0.3 is 4.74 Å². The number of thiol groups is 1. The highest BCUT2D eigenvalue weighted by atomic mass is 32.1. The van der Waals surface area contributed by atoms with E-state index in [-0.39, 0.29) is 0 Å². The molecule has 0 spiro atoms. The van der Waals surface area contributed by atoms with Gasteiger partial charge in [0.05, 0.1) is 7.11 Å². The standard InChI is InChI=1S/C11H12OS2/c1-3-7-9(13)4-5-10-11(7)8(12-2)6-14-10/h4-6,13H,3H2,1-2H3. The normalized spacial score (nSPS) is 10.8. The van der Waals surface area contributed by atoms with Gasteiger partial charge in [-0.15, -0.1) is 24.0 Å². The predicted octanol–water partition coefficient (Wildman–Crippen LogP) is 3.76. The Hall–Kier alpha value is -0.670. The third-order valence-corrected chi connectivity index (χ3v) is 3.71. The molecule has 0 aliphatic carbocycles. The van der Waals surface area contributed by atoms with Crippen molar-refractivity contribution in [2.45, 2.75) is 18.2 Å². The second-order valence-corrected chi connectivity index (χ2v) is 4.49. The van der Waals surface area contributed by atoms with Crippen LogP contribution in [-0.4, -0.2) is 7.11 Å². The molecule has 0 unspecified atom stereocenters. The third-order valence-electron chi connectivity index (χ3n) is 2.36. The van der Waals surface area contributed by atoms with Crippen molar-refractivity contribution in [2.24, 2.45) is 0 Å². The van der Waals surface area contributed by atoms with Gasteiger partial charge in [0.15, 0.2) is 0 Å². The smallest absolute Gasteiger partial charge is 0.137 e. The number of benzene rings is 1. The Balaban J connectivity index is 2.81. The van der Waals surface area contributed by atoms with Crippen LogP contribution in [0.15, 0.2) is 22.4 Å². The third kappa shape index (κ3) is 1.41. The minimum absolute atomic E-state index is 0.970. The lowest BCUT2D eigenvalue weighted by molar-refractivity contribution is 0.421. The van der Waals surface area contributed by atoms with Crippen molar-refractivity contribution in [3.05, 3.63) is 23.1 Å². The van der Waals surface area contributed by atoms with Crippen molar-refractivity contribution in [3.63, 3.8) is 0 Å². The van der Waals surface area contributed by atoms with Gasteiger partial charge >= 0.3 is 0 Å². The molecule has 1 aromatic heterocycles. The lowest BCUT2D eigenvalue weighted by atomic mass is 10.1. The molecule has 74 valence electrons. The summed E-state index contributed by atoms with van der Waals surface area (Å²) in [6, 6.07) is 4.16. The Labute approximate surface area is 93.1 Å². The van der Waals surface area contributed by atoms with Crippen molar-refractivity contribution in [3.8, 4) is 5.75 Å². The summed E-state index contributed by atoms with van der Waals surface area (Å²) in [5.74, 6) is 0.970. The Morgan fingerprint density at radius 3 is 2.86 bits per heavy atom. The van der Waals surface area contributed by atoms with Gasteiger partial charge in [-0.05, 0) is 24.1 Å². The van der Waals surface area contributed by atoms with E-state index in [4.69, 9.17) is 4.74 Å². The molecule has 0 aliphatic rings. The fourth-order valence-corrected chi connectivity index (χ4v) is 2.95. The summed E-state index contributed by atoms with van der Waals surface area (Å²) >= 11 is 6.18. The highest BCUT2D eigenvalue weighted by molar-refractivity contribution is 7.80. The van der Waals surface area contributed by atoms with E-state index in [1.807, 2.05) is 0 Å². The van der Waals surface area contributed by atoms with Crippen LogP contribution in [0.3, 0.4) is 0 Å². The lowest BCUT2D eigenvalue weighted by Gasteiger charge is -2.05. The number of thiophene rings is 1. The minimum atomic E-state index is 0.970. The molecule has 14 heavy (non-hydrogen) atoms. The van der Waals surface area contributed by atoms with E-state index in [9.17, 15) is 0 Å². The zero-order valence-electron chi connectivity index (χ0n) is 8.20. The summed E-state index contributed by atoms with van der Waals surface area (Å²) in [5, 5.41) is 3.28. The Kier molecular flexibility index (Phi) is 2.70. The van der Waals surface area contributed by atoms with Crippen LogP contribution in [0.5, 0.6) is 5.75 Å². The van der Waals surface area contributed by atoms with Crippen LogP contribution in [0.2, 0.25) is 0 Å². The van der Waals surface area contributed by atoms with Crippen LogP contribution in [0.25, 0.3) is 10.1 Å². The van der Waals surface area contributed by atoms with Crippen LogP contribution in [-0.2, 0) is 6.42 Å². The molecule has 0 atom stereocenters. The lowest BCUT2D eigenvalue weighted by Crippen LogP contribution is -1.87. The zero-order chi connectivity index (χ0) is 10.1. The van der Waals surface area contributed by atoms with E-state index in [1.54, 1.807) is 18.4 Å². The van der Waals surface area contributed by atoms with E-state index in [1.165, 1.54) is 15.6 Å².